The van der Waals surface area contributed by atoms with Crippen LogP contribution >= 0.6 is 12.2 Å². The molecule has 0 amide bonds. The van der Waals surface area contributed by atoms with Gasteiger partial charge in [-0.3, -0.25) is 0 Å². The summed E-state index contributed by atoms with van der Waals surface area (Å²) in [5, 5.41) is 3.29. The molecule has 0 radical (unpaired) electrons. The zero-order chi connectivity index (χ0) is 11.4. The van der Waals surface area contributed by atoms with E-state index in [1.165, 1.54) is 18.4 Å². The van der Waals surface area contributed by atoms with Crippen molar-refractivity contribution in [1.29, 1.82) is 0 Å². The molecule has 0 aliphatic carbocycles. The number of thiocarbonyl (C=S) groups is 1. The van der Waals surface area contributed by atoms with Crippen LogP contribution in [-0.4, -0.2) is 11.5 Å². The summed E-state index contributed by atoms with van der Waals surface area (Å²) in [6.45, 7) is 3.33. The van der Waals surface area contributed by atoms with Crippen molar-refractivity contribution in [2.75, 3.05) is 6.54 Å². The van der Waals surface area contributed by atoms with Gasteiger partial charge in [0.2, 0.25) is 0 Å². The first-order valence-corrected chi connectivity index (χ1v) is 6.46. The van der Waals surface area contributed by atoms with Crippen molar-refractivity contribution in [3.63, 3.8) is 0 Å². The molecule has 2 rings (SSSR count). The first-order valence-electron chi connectivity index (χ1n) is 6.05. The summed E-state index contributed by atoms with van der Waals surface area (Å²) in [6, 6.07) is 10.8. The monoisotopic (exact) mass is 233 g/mol. The van der Waals surface area contributed by atoms with E-state index in [0.717, 1.165) is 24.4 Å². The van der Waals surface area contributed by atoms with Gasteiger partial charge in [0, 0.05) is 13.0 Å². The third-order valence-electron chi connectivity index (χ3n) is 3.69. The maximum absolute atomic E-state index is 5.33. The number of rotatable bonds is 3. The number of piperidine rings is 1. The van der Waals surface area contributed by atoms with Crippen LogP contribution in [0.25, 0.3) is 0 Å². The quantitative estimate of drug-likeness (QED) is 0.804. The molecule has 0 aromatic heterocycles. The Labute approximate surface area is 103 Å². The second-order valence-corrected chi connectivity index (χ2v) is 5.29. The Bertz CT molecular complexity index is 360. The van der Waals surface area contributed by atoms with Crippen molar-refractivity contribution in [2.24, 2.45) is 5.41 Å². The van der Waals surface area contributed by atoms with Crippen LogP contribution in [0.15, 0.2) is 30.3 Å². The maximum Gasteiger partial charge on any atom is 0.0759 e. The zero-order valence-corrected chi connectivity index (χ0v) is 10.6. The Kier molecular flexibility index (Phi) is 3.59. The fourth-order valence-corrected chi connectivity index (χ4v) is 2.97. The van der Waals surface area contributed by atoms with E-state index in [0.29, 0.717) is 5.41 Å². The second-order valence-electron chi connectivity index (χ2n) is 4.79. The Morgan fingerprint density at radius 2 is 2.06 bits per heavy atom. The Hall–Kier alpha value is -0.890. The first-order chi connectivity index (χ1) is 7.74. The van der Waals surface area contributed by atoms with E-state index < -0.39 is 0 Å². The average Bonchev–Trinajstić information content (AvgIpc) is 2.30. The fraction of sp³-hybridized carbons (Fsp3) is 0.500. The van der Waals surface area contributed by atoms with Gasteiger partial charge < -0.3 is 5.32 Å². The van der Waals surface area contributed by atoms with Gasteiger partial charge >= 0.3 is 0 Å². The van der Waals surface area contributed by atoms with Crippen LogP contribution < -0.4 is 5.32 Å². The lowest BCUT2D eigenvalue weighted by Crippen LogP contribution is -2.40. The maximum atomic E-state index is 5.33. The molecule has 16 heavy (non-hydrogen) atoms. The highest BCUT2D eigenvalue weighted by atomic mass is 32.1. The molecule has 1 N–H and O–H groups in total. The minimum atomic E-state index is 0.393. The molecule has 0 bridgehead atoms. The summed E-state index contributed by atoms with van der Waals surface area (Å²) in [7, 11) is 0. The lowest BCUT2D eigenvalue weighted by atomic mass is 9.72. The van der Waals surface area contributed by atoms with E-state index >= 15 is 0 Å². The molecular formula is C14H19NS. The van der Waals surface area contributed by atoms with Crippen molar-refractivity contribution in [1.82, 2.24) is 5.32 Å². The third-order valence-corrected chi connectivity index (χ3v) is 3.97. The molecule has 0 spiro atoms. The summed E-state index contributed by atoms with van der Waals surface area (Å²) in [5.74, 6) is 0. The molecule has 1 aliphatic heterocycles. The normalized spacial score (nSPS) is 25.2. The highest BCUT2D eigenvalue weighted by molar-refractivity contribution is 7.80. The number of benzene rings is 1. The molecule has 1 aliphatic rings. The first kappa shape index (κ1) is 11.6. The molecule has 0 saturated carbocycles. The van der Waals surface area contributed by atoms with Gasteiger partial charge in [-0.05, 0) is 30.2 Å². The highest BCUT2D eigenvalue weighted by Crippen LogP contribution is 2.36. The molecule has 1 fully saturated rings. The van der Waals surface area contributed by atoms with Crippen LogP contribution in [0.1, 0.15) is 31.7 Å². The van der Waals surface area contributed by atoms with E-state index in [1.807, 2.05) is 0 Å². The smallest absolute Gasteiger partial charge is 0.0759 e. The highest BCUT2D eigenvalue weighted by Gasteiger charge is 2.32. The van der Waals surface area contributed by atoms with Crippen LogP contribution in [0.4, 0.5) is 0 Å². The van der Waals surface area contributed by atoms with Crippen LogP contribution in [-0.2, 0) is 6.42 Å². The Morgan fingerprint density at radius 1 is 1.31 bits per heavy atom. The molecule has 86 valence electrons. The lowest BCUT2D eigenvalue weighted by molar-refractivity contribution is 0.245. The van der Waals surface area contributed by atoms with Crippen LogP contribution in [0, 0.1) is 5.41 Å². The average molecular weight is 233 g/mol. The van der Waals surface area contributed by atoms with Crippen LogP contribution in [0.3, 0.4) is 0 Å². The summed E-state index contributed by atoms with van der Waals surface area (Å²) in [5.41, 5.74) is 1.83. The molecule has 1 nitrogen and oxygen atoms in total. The van der Waals surface area contributed by atoms with Gasteiger partial charge in [0.15, 0.2) is 0 Å². The zero-order valence-electron chi connectivity index (χ0n) is 9.83. The second kappa shape index (κ2) is 4.96. The molecule has 1 aromatic carbocycles. The van der Waals surface area contributed by atoms with Gasteiger partial charge in [-0.1, -0.05) is 49.5 Å². The van der Waals surface area contributed by atoms with Gasteiger partial charge in [-0.15, -0.1) is 0 Å². The van der Waals surface area contributed by atoms with Crippen LogP contribution in [0.5, 0.6) is 0 Å². The molecule has 1 heterocycles. The predicted molar refractivity (Wildman–Crippen MR) is 72.7 cm³/mol. The van der Waals surface area contributed by atoms with E-state index in [-0.39, 0.29) is 0 Å². The van der Waals surface area contributed by atoms with Crippen molar-refractivity contribution in [3.05, 3.63) is 35.9 Å². The topological polar surface area (TPSA) is 12.0 Å². The van der Waals surface area contributed by atoms with E-state index in [4.69, 9.17) is 12.2 Å². The molecule has 1 atom stereocenters. The van der Waals surface area contributed by atoms with Crippen molar-refractivity contribution >= 4 is 17.2 Å². The van der Waals surface area contributed by atoms with Gasteiger partial charge in [-0.25, -0.2) is 0 Å². The molecule has 1 saturated heterocycles. The molecule has 1 unspecified atom stereocenters. The van der Waals surface area contributed by atoms with Crippen LogP contribution in [0.2, 0.25) is 0 Å². The van der Waals surface area contributed by atoms with Gasteiger partial charge in [0.05, 0.1) is 4.99 Å². The standard InChI is InChI=1S/C14H19NS/c1-2-14(8-9-15-13(16)11-14)10-12-6-4-3-5-7-12/h3-7H,2,8-11H2,1H3,(H,15,16). The Balaban J connectivity index is 2.13. The minimum absolute atomic E-state index is 0.393. The van der Waals surface area contributed by atoms with Gasteiger partial charge in [0.25, 0.3) is 0 Å². The van der Waals surface area contributed by atoms with Gasteiger partial charge in [0.1, 0.15) is 0 Å². The minimum Gasteiger partial charge on any atom is -0.380 e. The van der Waals surface area contributed by atoms with Crippen molar-refractivity contribution in [3.8, 4) is 0 Å². The number of hydrogen-bond donors (Lipinski definition) is 1. The molecule has 1 aromatic rings. The molecular weight excluding hydrogens is 214 g/mol. The van der Waals surface area contributed by atoms with E-state index in [9.17, 15) is 0 Å². The Morgan fingerprint density at radius 3 is 2.69 bits per heavy atom. The lowest BCUT2D eigenvalue weighted by Gasteiger charge is -2.37. The SMILES string of the molecule is CCC1(Cc2ccccc2)CCNC(=S)C1. The predicted octanol–water partition coefficient (Wildman–Crippen LogP) is 3.34. The number of hydrogen-bond acceptors (Lipinski definition) is 1. The van der Waals surface area contributed by atoms with E-state index in [1.54, 1.807) is 0 Å². The summed E-state index contributed by atoms with van der Waals surface area (Å²) >= 11 is 5.33. The largest absolute Gasteiger partial charge is 0.380 e. The number of nitrogens with one attached hydrogen (secondary N) is 1. The third kappa shape index (κ3) is 2.62. The summed E-state index contributed by atoms with van der Waals surface area (Å²) in [6.07, 6.45) is 4.65. The summed E-state index contributed by atoms with van der Waals surface area (Å²) in [4.78, 5) is 1.05. The fourth-order valence-electron chi connectivity index (χ4n) is 2.57. The molecule has 2 heteroatoms. The summed E-state index contributed by atoms with van der Waals surface area (Å²) < 4.78 is 0. The van der Waals surface area contributed by atoms with Crippen molar-refractivity contribution < 1.29 is 0 Å². The van der Waals surface area contributed by atoms with Crippen molar-refractivity contribution in [2.45, 2.75) is 32.6 Å². The van der Waals surface area contributed by atoms with Gasteiger partial charge in [-0.2, -0.15) is 0 Å². The van der Waals surface area contributed by atoms with E-state index in [2.05, 4.69) is 42.6 Å².